The van der Waals surface area contributed by atoms with Gasteiger partial charge in [0.15, 0.2) is 0 Å². The minimum Gasteiger partial charge on any atom is -0.337 e. The quantitative estimate of drug-likeness (QED) is 0.703. The number of hydrogen-bond donors (Lipinski definition) is 0. The van der Waals surface area contributed by atoms with E-state index >= 15 is 0 Å². The topological polar surface area (TPSA) is 41.4 Å². The molecule has 0 saturated carbocycles. The van der Waals surface area contributed by atoms with Gasteiger partial charge in [0.2, 0.25) is 0 Å². The molecule has 0 aliphatic carbocycles. The Balaban J connectivity index is 1.43. The third-order valence-corrected chi connectivity index (χ3v) is 5.77. The van der Waals surface area contributed by atoms with E-state index in [2.05, 4.69) is 14.5 Å². The Morgan fingerprint density at radius 3 is 2.43 bits per heavy atom. The lowest BCUT2D eigenvalue weighted by Gasteiger charge is -2.38. The lowest BCUT2D eigenvalue weighted by atomic mass is 10.0. The summed E-state index contributed by atoms with van der Waals surface area (Å²) < 4.78 is 15.4. The van der Waals surface area contributed by atoms with Crippen LogP contribution in [0.2, 0.25) is 0 Å². The van der Waals surface area contributed by atoms with Crippen molar-refractivity contribution in [1.82, 2.24) is 19.4 Å². The fraction of sp³-hybridized carbons (Fsp3) is 0.273. The first-order chi connectivity index (χ1) is 13.7. The maximum atomic E-state index is 13.3. The van der Waals surface area contributed by atoms with Gasteiger partial charge in [-0.2, -0.15) is 0 Å². The molecule has 1 fully saturated rings. The lowest BCUT2D eigenvalue weighted by molar-refractivity contribution is 0.0556. The van der Waals surface area contributed by atoms with Crippen molar-refractivity contribution < 1.29 is 9.18 Å². The molecule has 3 aromatic rings. The molecule has 0 spiro atoms. The Hall–Kier alpha value is -2.99. The summed E-state index contributed by atoms with van der Waals surface area (Å²) in [5.74, 6) is -0.216. The first kappa shape index (κ1) is 17.1. The first-order valence-electron chi connectivity index (χ1n) is 9.52. The van der Waals surface area contributed by atoms with E-state index in [0.717, 1.165) is 30.9 Å². The second kappa shape index (κ2) is 6.87. The van der Waals surface area contributed by atoms with Gasteiger partial charge in [-0.15, -0.1) is 0 Å². The number of aromatic nitrogens is 2. The molecule has 0 unspecified atom stereocenters. The summed E-state index contributed by atoms with van der Waals surface area (Å²) in [5.41, 5.74) is 2.90. The molecular weight excluding hydrogens is 355 g/mol. The maximum absolute atomic E-state index is 13.3. The summed E-state index contributed by atoms with van der Waals surface area (Å²) in [6, 6.07) is 14.6. The number of benzene rings is 1. The highest BCUT2D eigenvalue weighted by molar-refractivity contribution is 5.94. The van der Waals surface area contributed by atoms with Crippen LogP contribution in [-0.2, 0) is 13.1 Å². The van der Waals surface area contributed by atoms with Crippen molar-refractivity contribution >= 4 is 5.91 Å². The van der Waals surface area contributed by atoms with E-state index in [1.165, 1.54) is 17.7 Å². The highest BCUT2D eigenvalue weighted by Crippen LogP contribution is 2.35. The van der Waals surface area contributed by atoms with Gasteiger partial charge in [0.05, 0.1) is 12.1 Å². The molecule has 6 heteroatoms. The van der Waals surface area contributed by atoms with E-state index in [-0.39, 0.29) is 23.8 Å². The van der Waals surface area contributed by atoms with E-state index in [4.69, 9.17) is 0 Å². The summed E-state index contributed by atoms with van der Waals surface area (Å²) in [6.45, 7) is 3.04. The molecule has 142 valence electrons. The number of pyridine rings is 1. The fourth-order valence-corrected chi connectivity index (χ4v) is 4.44. The van der Waals surface area contributed by atoms with Crippen LogP contribution in [0, 0.1) is 5.82 Å². The number of likely N-dealkylation sites (tertiary alicyclic amines) is 1. The normalized spacial score (nSPS) is 21.6. The third-order valence-electron chi connectivity index (χ3n) is 5.77. The first-order valence-corrected chi connectivity index (χ1v) is 9.52. The van der Waals surface area contributed by atoms with Crippen molar-refractivity contribution in [3.63, 3.8) is 0 Å². The number of nitrogens with zero attached hydrogens (tertiary/aromatic N) is 4. The van der Waals surface area contributed by atoms with Gasteiger partial charge < -0.3 is 9.47 Å². The number of halogens is 1. The molecule has 2 aromatic heterocycles. The number of carbonyl (C=O) groups is 1. The molecule has 2 aliphatic rings. The smallest absolute Gasteiger partial charge is 0.271 e. The standard InChI is InChI=1S/C22H21FN4O/c23-18-5-3-16(4-6-18)13-27-21-15-25(12-17-7-9-24-10-8-17)14-20(21)26-11-1-2-19(26)22(27)28/h1-11,20-21H,12-15H2/t20-,21-/m0/s1. The third kappa shape index (κ3) is 2.99. The van der Waals surface area contributed by atoms with Gasteiger partial charge in [0.1, 0.15) is 11.5 Å². The molecule has 0 radical (unpaired) electrons. The Morgan fingerprint density at radius 1 is 0.929 bits per heavy atom. The van der Waals surface area contributed by atoms with Crippen LogP contribution >= 0.6 is 0 Å². The van der Waals surface area contributed by atoms with E-state index in [9.17, 15) is 9.18 Å². The van der Waals surface area contributed by atoms with Crippen LogP contribution in [0.5, 0.6) is 0 Å². The van der Waals surface area contributed by atoms with Crippen LogP contribution < -0.4 is 0 Å². The van der Waals surface area contributed by atoms with Crippen LogP contribution in [0.25, 0.3) is 0 Å². The van der Waals surface area contributed by atoms with Crippen molar-refractivity contribution in [3.05, 3.63) is 89.8 Å². The van der Waals surface area contributed by atoms with Crippen LogP contribution in [-0.4, -0.2) is 44.4 Å². The van der Waals surface area contributed by atoms with Gasteiger partial charge in [0, 0.05) is 44.8 Å². The zero-order valence-electron chi connectivity index (χ0n) is 15.4. The second-order valence-electron chi connectivity index (χ2n) is 7.54. The van der Waals surface area contributed by atoms with E-state index in [0.29, 0.717) is 6.54 Å². The molecule has 5 nitrogen and oxygen atoms in total. The monoisotopic (exact) mass is 376 g/mol. The maximum Gasteiger partial charge on any atom is 0.271 e. The molecule has 0 N–H and O–H groups in total. The van der Waals surface area contributed by atoms with E-state index in [1.807, 2.05) is 47.8 Å². The summed E-state index contributed by atoms with van der Waals surface area (Å²) in [5, 5.41) is 0. The zero-order chi connectivity index (χ0) is 19.1. The van der Waals surface area contributed by atoms with Gasteiger partial charge in [-0.05, 0) is 47.5 Å². The Morgan fingerprint density at radius 2 is 1.64 bits per heavy atom. The number of rotatable bonds is 4. The fourth-order valence-electron chi connectivity index (χ4n) is 4.44. The average molecular weight is 376 g/mol. The molecule has 1 amide bonds. The van der Waals surface area contributed by atoms with Gasteiger partial charge in [-0.25, -0.2) is 4.39 Å². The van der Waals surface area contributed by atoms with Crippen LogP contribution in [0.15, 0.2) is 67.1 Å². The van der Waals surface area contributed by atoms with Crippen molar-refractivity contribution in [2.45, 2.75) is 25.2 Å². The van der Waals surface area contributed by atoms with E-state index < -0.39 is 0 Å². The Bertz CT molecular complexity index is 985. The van der Waals surface area contributed by atoms with Gasteiger partial charge in [-0.1, -0.05) is 12.1 Å². The molecule has 1 saturated heterocycles. The SMILES string of the molecule is O=C1c2cccn2[C@H]2CN(Cc3ccncc3)C[C@@H]2N1Cc1ccc(F)cc1. The zero-order valence-corrected chi connectivity index (χ0v) is 15.4. The lowest BCUT2D eigenvalue weighted by Crippen LogP contribution is -2.49. The number of amides is 1. The van der Waals surface area contributed by atoms with Crippen molar-refractivity contribution in [3.8, 4) is 0 Å². The largest absolute Gasteiger partial charge is 0.337 e. The van der Waals surface area contributed by atoms with Gasteiger partial charge in [-0.3, -0.25) is 14.7 Å². The Labute approximate surface area is 163 Å². The van der Waals surface area contributed by atoms with Crippen LogP contribution in [0.3, 0.4) is 0 Å². The minimum absolute atomic E-state index is 0.0429. The Kier molecular flexibility index (Phi) is 4.20. The predicted molar refractivity (Wildman–Crippen MR) is 103 cm³/mol. The molecule has 28 heavy (non-hydrogen) atoms. The van der Waals surface area contributed by atoms with Crippen molar-refractivity contribution in [2.24, 2.45) is 0 Å². The van der Waals surface area contributed by atoms with Crippen LogP contribution in [0.1, 0.15) is 27.7 Å². The summed E-state index contributed by atoms with van der Waals surface area (Å²) in [6.07, 6.45) is 5.63. The average Bonchev–Trinajstić information content (AvgIpc) is 3.34. The van der Waals surface area contributed by atoms with Crippen molar-refractivity contribution in [1.29, 1.82) is 0 Å². The summed E-state index contributed by atoms with van der Waals surface area (Å²) >= 11 is 0. The number of fused-ring (bicyclic) bond motifs is 3. The summed E-state index contributed by atoms with van der Waals surface area (Å²) in [7, 11) is 0. The predicted octanol–water partition coefficient (Wildman–Crippen LogP) is 3.10. The number of hydrogen-bond acceptors (Lipinski definition) is 3. The molecule has 4 heterocycles. The molecule has 1 aromatic carbocycles. The highest BCUT2D eigenvalue weighted by atomic mass is 19.1. The highest BCUT2D eigenvalue weighted by Gasteiger charge is 2.44. The molecular formula is C22H21FN4O. The molecule has 2 aliphatic heterocycles. The van der Waals surface area contributed by atoms with Crippen LogP contribution in [0.4, 0.5) is 4.39 Å². The van der Waals surface area contributed by atoms with E-state index in [1.54, 1.807) is 12.1 Å². The molecule has 0 bridgehead atoms. The van der Waals surface area contributed by atoms with Crippen molar-refractivity contribution in [2.75, 3.05) is 13.1 Å². The van der Waals surface area contributed by atoms with Gasteiger partial charge in [0.25, 0.3) is 5.91 Å². The minimum atomic E-state index is -0.259. The number of carbonyl (C=O) groups excluding carboxylic acids is 1. The summed E-state index contributed by atoms with van der Waals surface area (Å²) in [4.78, 5) is 21.6. The second-order valence-corrected chi connectivity index (χ2v) is 7.54. The van der Waals surface area contributed by atoms with Gasteiger partial charge >= 0.3 is 0 Å². The molecule has 5 rings (SSSR count). The molecule has 2 atom stereocenters.